The van der Waals surface area contributed by atoms with Crippen LogP contribution in [0.1, 0.15) is 19.4 Å². The molecule has 0 bridgehead atoms. The highest BCUT2D eigenvalue weighted by Gasteiger charge is 2.07. The molecule has 4 rings (SSSR count). The number of benzene rings is 3. The van der Waals surface area contributed by atoms with Gasteiger partial charge in [0, 0.05) is 5.56 Å². The van der Waals surface area contributed by atoms with E-state index >= 15 is 0 Å². The van der Waals surface area contributed by atoms with Crippen LogP contribution in [0, 0.1) is 0 Å². The topological polar surface area (TPSA) is 39.9 Å². The van der Waals surface area contributed by atoms with E-state index in [0.717, 1.165) is 22.6 Å². The standard InChI is InChI=1S/C21H17N3O.C2H6/c1-2-6-19(7-3-1)25-21-9-5-4-8-20(21)18-12-10-17(11-13-18)14-24-16-22-15-23-24;1-2/h1-13,15-16H,14H2;1-2H3. The van der Waals surface area contributed by atoms with Gasteiger partial charge in [-0.25, -0.2) is 9.67 Å². The van der Waals surface area contributed by atoms with E-state index < -0.39 is 0 Å². The normalized spacial score (nSPS) is 10.0. The summed E-state index contributed by atoms with van der Waals surface area (Å²) in [6.45, 7) is 4.71. The number of aromatic nitrogens is 3. The number of nitrogens with zero attached hydrogens (tertiary/aromatic N) is 3. The summed E-state index contributed by atoms with van der Waals surface area (Å²) in [5, 5.41) is 4.14. The predicted octanol–water partition coefficient (Wildman–Crippen LogP) is 5.81. The second kappa shape index (κ2) is 9.34. The summed E-state index contributed by atoms with van der Waals surface area (Å²) in [5.41, 5.74) is 3.36. The van der Waals surface area contributed by atoms with Crippen LogP contribution in [-0.2, 0) is 6.54 Å². The van der Waals surface area contributed by atoms with Crippen molar-refractivity contribution in [3.63, 3.8) is 0 Å². The highest BCUT2D eigenvalue weighted by molar-refractivity contribution is 5.71. The van der Waals surface area contributed by atoms with Crippen LogP contribution in [0.3, 0.4) is 0 Å². The second-order valence-corrected chi connectivity index (χ2v) is 5.70. The van der Waals surface area contributed by atoms with Gasteiger partial charge in [0.2, 0.25) is 0 Å². The monoisotopic (exact) mass is 357 g/mol. The van der Waals surface area contributed by atoms with Gasteiger partial charge in [0.1, 0.15) is 24.2 Å². The average Bonchev–Trinajstić information content (AvgIpc) is 3.25. The Morgan fingerprint density at radius 3 is 2.22 bits per heavy atom. The fourth-order valence-corrected chi connectivity index (χ4v) is 2.70. The van der Waals surface area contributed by atoms with Gasteiger partial charge in [0.05, 0.1) is 6.54 Å². The largest absolute Gasteiger partial charge is 0.457 e. The van der Waals surface area contributed by atoms with Crippen LogP contribution >= 0.6 is 0 Å². The Balaban J connectivity index is 0.00000102. The Kier molecular flexibility index (Phi) is 6.36. The van der Waals surface area contributed by atoms with Gasteiger partial charge in [0.25, 0.3) is 0 Å². The number of hydrogen-bond donors (Lipinski definition) is 0. The lowest BCUT2D eigenvalue weighted by molar-refractivity contribution is 0.484. The van der Waals surface area contributed by atoms with Crippen LogP contribution in [0.25, 0.3) is 11.1 Å². The Morgan fingerprint density at radius 2 is 1.52 bits per heavy atom. The van der Waals surface area contributed by atoms with Crippen LogP contribution in [-0.4, -0.2) is 14.8 Å². The summed E-state index contributed by atoms with van der Waals surface area (Å²) in [7, 11) is 0. The van der Waals surface area contributed by atoms with Crippen molar-refractivity contribution >= 4 is 0 Å². The van der Waals surface area contributed by atoms with Crippen molar-refractivity contribution in [1.82, 2.24) is 14.8 Å². The summed E-state index contributed by atoms with van der Waals surface area (Å²) in [4.78, 5) is 3.97. The molecular weight excluding hydrogens is 334 g/mol. The molecule has 0 radical (unpaired) electrons. The summed E-state index contributed by atoms with van der Waals surface area (Å²) >= 11 is 0. The molecule has 0 aliphatic rings. The van der Waals surface area contributed by atoms with E-state index in [1.165, 1.54) is 5.56 Å². The predicted molar refractivity (Wildman–Crippen MR) is 109 cm³/mol. The van der Waals surface area contributed by atoms with Gasteiger partial charge in [-0.2, -0.15) is 5.10 Å². The first-order valence-electron chi connectivity index (χ1n) is 9.12. The molecule has 0 saturated heterocycles. The maximum Gasteiger partial charge on any atom is 0.137 e. The Bertz CT molecular complexity index is 933. The lowest BCUT2D eigenvalue weighted by atomic mass is 10.0. The van der Waals surface area contributed by atoms with Crippen molar-refractivity contribution in [3.8, 4) is 22.6 Å². The van der Waals surface area contributed by atoms with Crippen LogP contribution in [0.4, 0.5) is 0 Å². The Labute approximate surface area is 160 Å². The molecule has 1 heterocycles. The van der Waals surface area contributed by atoms with Gasteiger partial charge >= 0.3 is 0 Å². The molecule has 3 aromatic carbocycles. The first kappa shape index (κ1) is 18.4. The van der Waals surface area contributed by atoms with E-state index in [4.69, 9.17) is 4.74 Å². The lowest BCUT2D eigenvalue weighted by Crippen LogP contribution is -1.99. The van der Waals surface area contributed by atoms with Crippen LogP contribution in [0.15, 0.2) is 91.5 Å². The van der Waals surface area contributed by atoms with Crippen molar-refractivity contribution in [2.75, 3.05) is 0 Å². The molecule has 4 aromatic rings. The van der Waals surface area contributed by atoms with Gasteiger partial charge in [-0.1, -0.05) is 74.5 Å². The fraction of sp³-hybridized carbons (Fsp3) is 0.130. The van der Waals surface area contributed by atoms with Crippen LogP contribution in [0.2, 0.25) is 0 Å². The number of para-hydroxylation sites is 2. The third-order valence-electron chi connectivity index (χ3n) is 3.93. The number of hydrogen-bond acceptors (Lipinski definition) is 3. The van der Waals surface area contributed by atoms with Crippen molar-refractivity contribution < 1.29 is 4.74 Å². The van der Waals surface area contributed by atoms with Gasteiger partial charge in [-0.05, 0) is 29.3 Å². The van der Waals surface area contributed by atoms with Crippen LogP contribution < -0.4 is 4.74 Å². The van der Waals surface area contributed by atoms with E-state index in [-0.39, 0.29) is 0 Å². The maximum atomic E-state index is 6.06. The minimum Gasteiger partial charge on any atom is -0.457 e. The second-order valence-electron chi connectivity index (χ2n) is 5.70. The zero-order valence-electron chi connectivity index (χ0n) is 15.6. The Hall–Kier alpha value is -3.40. The first-order chi connectivity index (χ1) is 13.4. The number of rotatable bonds is 5. The van der Waals surface area contributed by atoms with Gasteiger partial charge in [-0.3, -0.25) is 0 Å². The first-order valence-corrected chi connectivity index (χ1v) is 9.12. The van der Waals surface area contributed by atoms with Crippen molar-refractivity contribution in [2.45, 2.75) is 20.4 Å². The molecule has 0 atom stereocenters. The zero-order valence-corrected chi connectivity index (χ0v) is 15.6. The molecule has 0 unspecified atom stereocenters. The molecule has 0 N–H and O–H groups in total. The van der Waals surface area contributed by atoms with E-state index in [0.29, 0.717) is 6.54 Å². The average molecular weight is 357 g/mol. The lowest BCUT2D eigenvalue weighted by Gasteiger charge is -2.12. The molecule has 0 spiro atoms. The molecule has 0 fully saturated rings. The minimum absolute atomic E-state index is 0.711. The molecule has 136 valence electrons. The smallest absolute Gasteiger partial charge is 0.137 e. The fourth-order valence-electron chi connectivity index (χ4n) is 2.70. The molecule has 4 heteroatoms. The molecule has 1 aromatic heterocycles. The van der Waals surface area contributed by atoms with E-state index in [2.05, 4.69) is 40.4 Å². The van der Waals surface area contributed by atoms with E-state index in [1.54, 1.807) is 12.7 Å². The summed E-state index contributed by atoms with van der Waals surface area (Å²) in [5.74, 6) is 1.68. The van der Waals surface area contributed by atoms with Crippen molar-refractivity contribution in [2.24, 2.45) is 0 Å². The van der Waals surface area contributed by atoms with Gasteiger partial charge in [-0.15, -0.1) is 0 Å². The molecule has 0 saturated carbocycles. The summed E-state index contributed by atoms with van der Waals surface area (Å²) < 4.78 is 7.86. The molecular formula is C23H23N3O. The molecule has 0 amide bonds. The number of ether oxygens (including phenoxy) is 1. The van der Waals surface area contributed by atoms with E-state index in [1.807, 2.05) is 67.1 Å². The molecule has 4 nitrogen and oxygen atoms in total. The molecule has 0 aliphatic carbocycles. The Morgan fingerprint density at radius 1 is 0.815 bits per heavy atom. The summed E-state index contributed by atoms with van der Waals surface area (Å²) in [6, 6.07) is 26.3. The van der Waals surface area contributed by atoms with Crippen molar-refractivity contribution in [1.29, 1.82) is 0 Å². The van der Waals surface area contributed by atoms with E-state index in [9.17, 15) is 0 Å². The summed E-state index contributed by atoms with van der Waals surface area (Å²) in [6.07, 6.45) is 3.27. The minimum atomic E-state index is 0.711. The van der Waals surface area contributed by atoms with Crippen LogP contribution in [0.5, 0.6) is 11.5 Å². The van der Waals surface area contributed by atoms with Gasteiger partial charge < -0.3 is 4.74 Å². The quantitative estimate of drug-likeness (QED) is 0.452. The van der Waals surface area contributed by atoms with Crippen molar-refractivity contribution in [3.05, 3.63) is 97.1 Å². The SMILES string of the molecule is CC.c1ccc(Oc2ccccc2-c2ccc(Cn3cncn3)cc2)cc1. The van der Waals surface area contributed by atoms with Gasteiger partial charge in [0.15, 0.2) is 0 Å². The third-order valence-corrected chi connectivity index (χ3v) is 3.93. The zero-order chi connectivity index (χ0) is 18.9. The molecule has 27 heavy (non-hydrogen) atoms. The third kappa shape index (κ3) is 4.82. The molecule has 0 aliphatic heterocycles. The highest BCUT2D eigenvalue weighted by Crippen LogP contribution is 2.33. The highest BCUT2D eigenvalue weighted by atomic mass is 16.5. The maximum absolute atomic E-state index is 6.06.